The van der Waals surface area contributed by atoms with Crippen molar-refractivity contribution in [3.8, 4) is 5.75 Å². The molecule has 0 radical (unpaired) electrons. The summed E-state index contributed by atoms with van der Waals surface area (Å²) in [5.74, 6) is -0.848. The molecule has 0 bridgehead atoms. The van der Waals surface area contributed by atoms with Gasteiger partial charge in [0.05, 0.1) is 25.3 Å². The molecule has 2 aromatic rings. The molecule has 1 aromatic heterocycles. The smallest absolute Gasteiger partial charge is 0.410 e. The number of hydrogen-bond donors (Lipinski definition) is 1. The van der Waals surface area contributed by atoms with Gasteiger partial charge in [-0.2, -0.15) is 0 Å². The second-order valence-electron chi connectivity index (χ2n) is 11.4. The topological polar surface area (TPSA) is 127 Å². The van der Waals surface area contributed by atoms with Gasteiger partial charge in [-0.25, -0.2) is 9.78 Å². The molecule has 2 heterocycles. The van der Waals surface area contributed by atoms with Gasteiger partial charge in [0, 0.05) is 37.5 Å². The highest BCUT2D eigenvalue weighted by atomic mass is 16.6. The lowest BCUT2D eigenvalue weighted by Gasteiger charge is -2.43. The first kappa shape index (κ1) is 31.6. The Morgan fingerprint density at radius 1 is 1.12 bits per heavy atom. The van der Waals surface area contributed by atoms with Gasteiger partial charge in [0.1, 0.15) is 23.1 Å². The number of nitrogens with one attached hydrogen (secondary N) is 1. The molecular weight excluding hydrogens is 528 g/mol. The monoisotopic (exact) mass is 570 g/mol. The van der Waals surface area contributed by atoms with Crippen LogP contribution in [0.15, 0.2) is 30.3 Å². The van der Waals surface area contributed by atoms with Crippen LogP contribution < -0.4 is 10.1 Å². The Balaban J connectivity index is 1.84. The average molecular weight is 571 g/mol. The van der Waals surface area contributed by atoms with Crippen molar-refractivity contribution in [3.63, 3.8) is 0 Å². The van der Waals surface area contributed by atoms with E-state index in [0.29, 0.717) is 17.8 Å². The molecule has 3 amide bonds. The highest BCUT2D eigenvalue weighted by Gasteiger charge is 2.37. The molecular formula is C30H42N4O7. The van der Waals surface area contributed by atoms with Crippen LogP contribution in [0.25, 0.3) is 10.9 Å². The first-order valence-electron chi connectivity index (χ1n) is 14.0. The van der Waals surface area contributed by atoms with E-state index in [4.69, 9.17) is 14.2 Å². The number of pyridine rings is 1. The predicted molar refractivity (Wildman–Crippen MR) is 154 cm³/mol. The first-order chi connectivity index (χ1) is 19.3. The van der Waals surface area contributed by atoms with Crippen molar-refractivity contribution in [2.45, 2.75) is 72.1 Å². The molecule has 0 aliphatic carbocycles. The quantitative estimate of drug-likeness (QED) is 0.451. The van der Waals surface area contributed by atoms with Crippen LogP contribution in [0, 0.1) is 5.92 Å². The van der Waals surface area contributed by atoms with Crippen LogP contribution in [0.4, 0.5) is 4.79 Å². The molecule has 1 saturated heterocycles. The molecule has 3 rings (SSSR count). The van der Waals surface area contributed by atoms with Crippen LogP contribution in [-0.2, 0) is 19.1 Å². The molecule has 1 aliphatic heterocycles. The van der Waals surface area contributed by atoms with Crippen LogP contribution in [0.3, 0.4) is 0 Å². The van der Waals surface area contributed by atoms with E-state index in [1.54, 1.807) is 43.6 Å². The van der Waals surface area contributed by atoms with Crippen LogP contribution in [0.5, 0.6) is 5.75 Å². The zero-order valence-corrected chi connectivity index (χ0v) is 25.1. The number of amides is 3. The van der Waals surface area contributed by atoms with Crippen LogP contribution >= 0.6 is 0 Å². The second kappa shape index (κ2) is 13.6. The van der Waals surface area contributed by atoms with Gasteiger partial charge >= 0.3 is 12.1 Å². The summed E-state index contributed by atoms with van der Waals surface area (Å²) < 4.78 is 16.1. The van der Waals surface area contributed by atoms with Gasteiger partial charge in [-0.3, -0.25) is 14.4 Å². The van der Waals surface area contributed by atoms with E-state index in [2.05, 4.69) is 10.3 Å². The largest absolute Gasteiger partial charge is 0.496 e. The van der Waals surface area contributed by atoms with Gasteiger partial charge < -0.3 is 29.3 Å². The third kappa shape index (κ3) is 8.31. The van der Waals surface area contributed by atoms with Gasteiger partial charge in [0.2, 0.25) is 5.91 Å². The van der Waals surface area contributed by atoms with E-state index >= 15 is 0 Å². The minimum atomic E-state index is -1.02. The third-order valence-electron chi connectivity index (χ3n) is 6.79. The molecule has 1 N–H and O–H groups in total. The van der Waals surface area contributed by atoms with E-state index < -0.39 is 29.6 Å². The number of piperazine rings is 1. The van der Waals surface area contributed by atoms with Gasteiger partial charge in [-0.1, -0.05) is 26.0 Å². The SMILES string of the molecule is CCOC(=O)N1CCN(C(=O)C(CCC(=O)OC(C)(C)C)NC(=O)c2cc(OC)c3ccccc3n2)CC1C(C)C. The number of benzene rings is 1. The summed E-state index contributed by atoms with van der Waals surface area (Å²) in [7, 11) is 1.51. The maximum Gasteiger partial charge on any atom is 0.410 e. The van der Waals surface area contributed by atoms with E-state index in [1.165, 1.54) is 13.2 Å². The van der Waals surface area contributed by atoms with E-state index in [0.717, 1.165) is 5.39 Å². The number of rotatable bonds is 9. The number of carbonyl (C=O) groups is 4. The lowest BCUT2D eigenvalue weighted by atomic mass is 9.99. The van der Waals surface area contributed by atoms with Crippen molar-refractivity contribution >= 4 is 34.8 Å². The second-order valence-corrected chi connectivity index (χ2v) is 11.4. The number of methoxy groups -OCH3 is 1. The Labute approximate surface area is 241 Å². The van der Waals surface area contributed by atoms with Crippen molar-refractivity contribution in [3.05, 3.63) is 36.0 Å². The van der Waals surface area contributed by atoms with Gasteiger partial charge in [-0.15, -0.1) is 0 Å². The minimum absolute atomic E-state index is 0.0363. The molecule has 2 atom stereocenters. The van der Waals surface area contributed by atoms with E-state index in [9.17, 15) is 19.2 Å². The molecule has 2 unspecified atom stereocenters. The Morgan fingerprint density at radius 2 is 1.83 bits per heavy atom. The zero-order valence-electron chi connectivity index (χ0n) is 25.1. The van der Waals surface area contributed by atoms with Gasteiger partial charge in [0.15, 0.2) is 0 Å². The molecule has 11 nitrogen and oxygen atoms in total. The number of ether oxygens (including phenoxy) is 3. The average Bonchev–Trinajstić information content (AvgIpc) is 2.92. The minimum Gasteiger partial charge on any atom is -0.496 e. The number of para-hydroxylation sites is 1. The fourth-order valence-corrected chi connectivity index (χ4v) is 4.81. The predicted octanol–water partition coefficient (Wildman–Crippen LogP) is 3.79. The maximum absolute atomic E-state index is 13.8. The number of aromatic nitrogens is 1. The Kier molecular flexibility index (Phi) is 10.5. The van der Waals surface area contributed by atoms with Crippen molar-refractivity contribution in [1.29, 1.82) is 0 Å². The summed E-state index contributed by atoms with van der Waals surface area (Å²) in [4.78, 5) is 60.1. The van der Waals surface area contributed by atoms with Gasteiger partial charge in [-0.05, 0) is 52.2 Å². The van der Waals surface area contributed by atoms with Crippen molar-refractivity contribution < 1.29 is 33.4 Å². The van der Waals surface area contributed by atoms with E-state index in [1.807, 2.05) is 32.0 Å². The summed E-state index contributed by atoms with van der Waals surface area (Å²) in [6, 6.07) is 7.53. The third-order valence-corrected chi connectivity index (χ3v) is 6.79. The fourth-order valence-electron chi connectivity index (χ4n) is 4.81. The fraction of sp³-hybridized carbons (Fsp3) is 0.567. The maximum atomic E-state index is 13.8. The lowest BCUT2D eigenvalue weighted by molar-refractivity contribution is -0.155. The number of hydrogen-bond acceptors (Lipinski definition) is 8. The molecule has 1 aromatic carbocycles. The van der Waals surface area contributed by atoms with Crippen molar-refractivity contribution in [2.24, 2.45) is 5.92 Å². The Morgan fingerprint density at radius 3 is 2.46 bits per heavy atom. The number of nitrogens with zero attached hydrogens (tertiary/aromatic N) is 3. The molecule has 1 fully saturated rings. The van der Waals surface area contributed by atoms with E-state index in [-0.39, 0.29) is 56.1 Å². The molecule has 1 aliphatic rings. The molecule has 0 spiro atoms. The Hall–Kier alpha value is -3.89. The van der Waals surface area contributed by atoms with Gasteiger partial charge in [0.25, 0.3) is 5.91 Å². The van der Waals surface area contributed by atoms with Crippen LogP contribution in [-0.4, -0.2) is 89.7 Å². The number of fused-ring (bicyclic) bond motifs is 1. The highest BCUT2D eigenvalue weighted by Crippen LogP contribution is 2.25. The van der Waals surface area contributed by atoms with Crippen LogP contribution in [0.1, 0.15) is 64.9 Å². The summed E-state index contributed by atoms with van der Waals surface area (Å²) >= 11 is 0. The summed E-state index contributed by atoms with van der Waals surface area (Å²) in [6.07, 6.45) is -0.447. The Bertz CT molecular complexity index is 1260. The molecule has 11 heteroatoms. The lowest BCUT2D eigenvalue weighted by Crippen LogP contribution is -2.61. The summed E-state index contributed by atoms with van der Waals surface area (Å²) in [5, 5.41) is 3.55. The van der Waals surface area contributed by atoms with Crippen molar-refractivity contribution in [2.75, 3.05) is 33.4 Å². The summed E-state index contributed by atoms with van der Waals surface area (Å²) in [6.45, 7) is 12.1. The number of esters is 1. The van der Waals surface area contributed by atoms with Crippen molar-refractivity contribution in [1.82, 2.24) is 20.1 Å². The first-order valence-corrected chi connectivity index (χ1v) is 14.0. The highest BCUT2D eigenvalue weighted by molar-refractivity contribution is 5.99. The standard InChI is InChI=1S/C30H42N4O7/c1-8-40-29(38)34-16-15-33(18-24(34)19(2)3)28(37)22(13-14-26(35)41-30(4,5)6)32-27(36)23-17-25(39-7)20-11-9-10-12-21(20)31-23/h9-12,17,19,22,24H,8,13-16,18H2,1-7H3,(H,32,36). The summed E-state index contributed by atoms with van der Waals surface area (Å²) in [5.41, 5.74) is -0.0226. The molecule has 224 valence electrons. The van der Waals surface area contributed by atoms with Crippen LogP contribution in [0.2, 0.25) is 0 Å². The molecule has 41 heavy (non-hydrogen) atoms. The zero-order chi connectivity index (χ0) is 30.3. The molecule has 0 saturated carbocycles. The number of carbonyl (C=O) groups excluding carboxylic acids is 4. The normalized spacial score (nSPS) is 16.3.